The third-order valence-corrected chi connectivity index (χ3v) is 7.48. The van der Waals surface area contributed by atoms with Crippen LogP contribution in [0.1, 0.15) is 36.1 Å². The van der Waals surface area contributed by atoms with Crippen molar-refractivity contribution >= 4 is 35.0 Å². The van der Waals surface area contributed by atoms with Gasteiger partial charge in [-0.25, -0.2) is 0 Å². The van der Waals surface area contributed by atoms with E-state index < -0.39 is 12.2 Å². The number of morpholine rings is 1. The molecule has 0 aromatic heterocycles. The summed E-state index contributed by atoms with van der Waals surface area (Å²) in [6, 6.07) is 14.6. The fraction of sp³-hybridized carbons (Fsp3) is 0.462. The number of hydrogen-bond acceptors (Lipinski definition) is 4. The van der Waals surface area contributed by atoms with Gasteiger partial charge in [-0.05, 0) is 61.2 Å². The second kappa shape index (κ2) is 9.86. The summed E-state index contributed by atoms with van der Waals surface area (Å²) in [4.78, 5) is 33.2. The Hall–Kier alpha value is -2.12. The first kappa shape index (κ1) is 23.6. The molecule has 0 bridgehead atoms. The highest BCUT2D eigenvalue weighted by Crippen LogP contribution is 2.45. The van der Waals surface area contributed by atoms with Gasteiger partial charge in [-0.2, -0.15) is 0 Å². The molecule has 2 aromatic carbocycles. The molecule has 2 aromatic rings. The molecule has 8 heteroatoms. The number of carbonyl (C=O) groups excluding carboxylic acids is 2. The number of carbonyl (C=O) groups is 2. The Morgan fingerprint density at radius 1 is 0.971 bits per heavy atom. The zero-order chi connectivity index (χ0) is 23.8. The van der Waals surface area contributed by atoms with Crippen LogP contribution in [-0.2, 0) is 14.3 Å². The van der Waals surface area contributed by atoms with E-state index in [9.17, 15) is 9.59 Å². The number of rotatable bonds is 5. The van der Waals surface area contributed by atoms with Crippen molar-refractivity contribution in [3.05, 3.63) is 69.7 Å². The quantitative estimate of drug-likeness (QED) is 0.576. The Balaban J connectivity index is 1.53. The summed E-state index contributed by atoms with van der Waals surface area (Å²) in [5.41, 5.74) is 1.77. The van der Waals surface area contributed by atoms with Crippen LogP contribution in [0.4, 0.5) is 0 Å². The summed E-state index contributed by atoms with van der Waals surface area (Å²) < 4.78 is 6.42. The SMILES string of the molecule is CN1CCN(C(=O)C2OC(c3cccc(Cl)c3)C(c3ccc(Cl)cc3)N(CC3CC3)C2=O)CC1. The lowest BCUT2D eigenvalue weighted by Gasteiger charge is -2.45. The topological polar surface area (TPSA) is 53.1 Å². The first-order chi connectivity index (χ1) is 16.4. The van der Waals surface area contributed by atoms with Crippen LogP contribution in [0.3, 0.4) is 0 Å². The number of nitrogens with zero attached hydrogens (tertiary/aromatic N) is 3. The molecule has 1 saturated carbocycles. The maximum absolute atomic E-state index is 13.8. The summed E-state index contributed by atoms with van der Waals surface area (Å²) in [7, 11) is 2.04. The fourth-order valence-electron chi connectivity index (χ4n) is 4.83. The molecule has 1 aliphatic carbocycles. The largest absolute Gasteiger partial charge is 0.348 e. The summed E-state index contributed by atoms with van der Waals surface area (Å²) in [5, 5.41) is 1.21. The summed E-state index contributed by atoms with van der Waals surface area (Å²) in [6.45, 7) is 3.35. The minimum Gasteiger partial charge on any atom is -0.348 e. The second-order valence-corrected chi connectivity index (χ2v) is 10.4. The van der Waals surface area contributed by atoms with Crippen molar-refractivity contribution in [1.82, 2.24) is 14.7 Å². The first-order valence-corrected chi connectivity index (χ1v) is 12.6. The van der Waals surface area contributed by atoms with Gasteiger partial charge in [0.2, 0.25) is 6.10 Å². The van der Waals surface area contributed by atoms with Crippen molar-refractivity contribution in [3.63, 3.8) is 0 Å². The molecule has 0 N–H and O–H groups in total. The average molecular weight is 502 g/mol. The molecule has 34 heavy (non-hydrogen) atoms. The third kappa shape index (κ3) is 4.96. The average Bonchev–Trinajstić information content (AvgIpc) is 3.65. The molecule has 2 amide bonds. The Bertz CT molecular complexity index is 1050. The van der Waals surface area contributed by atoms with Gasteiger partial charge in [0.25, 0.3) is 11.8 Å². The van der Waals surface area contributed by atoms with Crippen LogP contribution in [-0.4, -0.2) is 72.4 Å². The lowest BCUT2D eigenvalue weighted by molar-refractivity contribution is -0.184. The van der Waals surface area contributed by atoms with Crippen LogP contribution >= 0.6 is 23.2 Å². The van der Waals surface area contributed by atoms with Gasteiger partial charge < -0.3 is 19.4 Å². The number of halogens is 2. The Kier molecular flexibility index (Phi) is 6.85. The predicted octanol–water partition coefficient (Wildman–Crippen LogP) is 4.19. The third-order valence-electron chi connectivity index (χ3n) is 6.99. The molecule has 3 atom stereocenters. The highest BCUT2D eigenvalue weighted by molar-refractivity contribution is 6.30. The van der Waals surface area contributed by atoms with E-state index in [1.807, 2.05) is 60.5 Å². The van der Waals surface area contributed by atoms with E-state index in [2.05, 4.69) is 4.90 Å². The van der Waals surface area contributed by atoms with Crippen LogP contribution < -0.4 is 0 Å². The van der Waals surface area contributed by atoms with E-state index in [0.29, 0.717) is 35.6 Å². The highest BCUT2D eigenvalue weighted by atomic mass is 35.5. The smallest absolute Gasteiger partial charge is 0.262 e. The van der Waals surface area contributed by atoms with E-state index in [0.717, 1.165) is 37.1 Å². The van der Waals surface area contributed by atoms with Gasteiger partial charge in [0.1, 0.15) is 6.10 Å². The van der Waals surface area contributed by atoms with Crippen LogP contribution in [0.15, 0.2) is 48.5 Å². The van der Waals surface area contributed by atoms with Gasteiger partial charge in [0.05, 0.1) is 6.04 Å². The molecule has 3 aliphatic rings. The number of ether oxygens (including phenoxy) is 1. The van der Waals surface area contributed by atoms with E-state index >= 15 is 0 Å². The molecule has 2 saturated heterocycles. The predicted molar refractivity (Wildman–Crippen MR) is 132 cm³/mol. The van der Waals surface area contributed by atoms with Crippen molar-refractivity contribution in [2.75, 3.05) is 39.8 Å². The van der Waals surface area contributed by atoms with Crippen LogP contribution in [0, 0.1) is 5.92 Å². The zero-order valence-corrected chi connectivity index (χ0v) is 20.7. The maximum Gasteiger partial charge on any atom is 0.262 e. The number of likely N-dealkylation sites (N-methyl/N-ethyl adjacent to an activating group) is 1. The lowest BCUT2D eigenvalue weighted by Crippen LogP contribution is -2.59. The van der Waals surface area contributed by atoms with Crippen molar-refractivity contribution in [1.29, 1.82) is 0 Å². The summed E-state index contributed by atoms with van der Waals surface area (Å²) >= 11 is 12.5. The van der Waals surface area contributed by atoms with E-state index in [1.165, 1.54) is 0 Å². The molecule has 2 aliphatic heterocycles. The molecule has 2 heterocycles. The molecular weight excluding hydrogens is 473 g/mol. The molecule has 5 rings (SSSR count). The summed E-state index contributed by atoms with van der Waals surface area (Å²) in [6.07, 6.45) is 0.501. The molecule has 0 radical (unpaired) electrons. The van der Waals surface area contributed by atoms with Crippen LogP contribution in [0.5, 0.6) is 0 Å². The molecule has 6 nitrogen and oxygen atoms in total. The number of hydrogen-bond donors (Lipinski definition) is 0. The van der Waals surface area contributed by atoms with Gasteiger partial charge >= 0.3 is 0 Å². The fourth-order valence-corrected chi connectivity index (χ4v) is 5.15. The minimum absolute atomic E-state index is 0.250. The van der Waals surface area contributed by atoms with E-state index in [1.54, 1.807) is 4.90 Å². The van der Waals surface area contributed by atoms with E-state index in [-0.39, 0.29) is 17.9 Å². The summed E-state index contributed by atoms with van der Waals surface area (Å²) in [5.74, 6) is -0.0502. The molecule has 0 spiro atoms. The van der Waals surface area contributed by atoms with Gasteiger partial charge in [0, 0.05) is 42.8 Å². The Labute approximate surface area is 210 Å². The molecular formula is C26H29Cl2N3O3. The maximum atomic E-state index is 13.8. The number of benzene rings is 2. The normalized spacial score (nSPS) is 26.1. The number of amides is 2. The van der Waals surface area contributed by atoms with Crippen LogP contribution in [0.25, 0.3) is 0 Å². The van der Waals surface area contributed by atoms with Crippen LogP contribution in [0.2, 0.25) is 10.0 Å². The lowest BCUT2D eigenvalue weighted by atomic mass is 9.91. The van der Waals surface area contributed by atoms with Crippen molar-refractivity contribution in [2.24, 2.45) is 5.92 Å². The van der Waals surface area contributed by atoms with Gasteiger partial charge in [-0.1, -0.05) is 47.5 Å². The standard InChI is InChI=1S/C26H29Cl2N3O3/c1-29-11-13-30(14-12-29)25(32)24-26(33)31(16-17-5-6-17)22(18-7-9-20(27)10-8-18)23(34-24)19-3-2-4-21(28)15-19/h2-4,7-10,15,17,22-24H,5-6,11-14,16H2,1H3. The van der Waals surface area contributed by atoms with Crippen molar-refractivity contribution < 1.29 is 14.3 Å². The monoisotopic (exact) mass is 501 g/mol. The van der Waals surface area contributed by atoms with Crippen molar-refractivity contribution in [2.45, 2.75) is 31.1 Å². The second-order valence-electron chi connectivity index (χ2n) is 9.55. The van der Waals surface area contributed by atoms with Gasteiger partial charge in [0.15, 0.2) is 0 Å². The molecule has 3 fully saturated rings. The van der Waals surface area contributed by atoms with Crippen molar-refractivity contribution in [3.8, 4) is 0 Å². The Morgan fingerprint density at radius 3 is 2.32 bits per heavy atom. The number of piperazine rings is 1. The first-order valence-electron chi connectivity index (χ1n) is 11.8. The Morgan fingerprint density at radius 2 is 1.68 bits per heavy atom. The molecule has 3 unspecified atom stereocenters. The molecule has 180 valence electrons. The van der Waals surface area contributed by atoms with E-state index in [4.69, 9.17) is 27.9 Å². The highest BCUT2D eigenvalue weighted by Gasteiger charge is 2.49. The van der Waals surface area contributed by atoms with Gasteiger partial charge in [-0.15, -0.1) is 0 Å². The minimum atomic E-state index is -1.16. The van der Waals surface area contributed by atoms with Gasteiger partial charge in [-0.3, -0.25) is 9.59 Å². The zero-order valence-electron chi connectivity index (χ0n) is 19.2.